The topological polar surface area (TPSA) is 44.5 Å². The van der Waals surface area contributed by atoms with Crippen LogP contribution in [0.2, 0.25) is 0 Å². The van der Waals surface area contributed by atoms with Crippen molar-refractivity contribution in [1.29, 1.82) is 0 Å². The van der Waals surface area contributed by atoms with Crippen LogP contribution in [0.25, 0.3) is 0 Å². The SMILES string of the molecule is NC(c1cc2c(cc1Br)OCCO2)C1CC1. The van der Waals surface area contributed by atoms with E-state index in [4.69, 9.17) is 15.2 Å². The first-order valence-electron chi connectivity index (χ1n) is 5.60. The van der Waals surface area contributed by atoms with Crippen molar-refractivity contribution in [3.05, 3.63) is 22.2 Å². The van der Waals surface area contributed by atoms with Gasteiger partial charge in [-0.15, -0.1) is 0 Å². The zero-order valence-corrected chi connectivity index (χ0v) is 10.5. The van der Waals surface area contributed by atoms with E-state index in [0.717, 1.165) is 21.5 Å². The fraction of sp³-hybridized carbons (Fsp3) is 0.500. The summed E-state index contributed by atoms with van der Waals surface area (Å²) in [6.45, 7) is 1.24. The lowest BCUT2D eigenvalue weighted by Crippen LogP contribution is -2.18. The molecular formula is C12H14BrNO2. The molecule has 16 heavy (non-hydrogen) atoms. The van der Waals surface area contributed by atoms with Crippen LogP contribution in [0.1, 0.15) is 24.4 Å². The Bertz CT molecular complexity index is 418. The lowest BCUT2D eigenvalue weighted by atomic mass is 10.0. The molecule has 86 valence electrons. The standard InChI is InChI=1S/C12H14BrNO2/c13-9-6-11-10(15-3-4-16-11)5-8(9)12(14)7-1-2-7/h5-7,12H,1-4,14H2. The van der Waals surface area contributed by atoms with E-state index in [1.807, 2.05) is 12.1 Å². The van der Waals surface area contributed by atoms with Crippen LogP contribution in [0, 0.1) is 5.92 Å². The van der Waals surface area contributed by atoms with Gasteiger partial charge in [-0.2, -0.15) is 0 Å². The number of ether oxygens (including phenoxy) is 2. The van der Waals surface area contributed by atoms with Crippen LogP contribution in [-0.2, 0) is 0 Å². The van der Waals surface area contributed by atoms with Gasteiger partial charge in [0.2, 0.25) is 0 Å². The Kier molecular flexibility index (Phi) is 2.56. The lowest BCUT2D eigenvalue weighted by molar-refractivity contribution is 0.171. The highest BCUT2D eigenvalue weighted by Crippen LogP contribution is 2.44. The van der Waals surface area contributed by atoms with Crippen molar-refractivity contribution < 1.29 is 9.47 Å². The molecule has 1 aliphatic carbocycles. The first kappa shape index (κ1) is 10.4. The van der Waals surface area contributed by atoms with E-state index in [1.54, 1.807) is 0 Å². The summed E-state index contributed by atoms with van der Waals surface area (Å²) in [5.41, 5.74) is 7.34. The summed E-state index contributed by atoms with van der Waals surface area (Å²) >= 11 is 3.56. The van der Waals surface area contributed by atoms with Crippen molar-refractivity contribution in [3.63, 3.8) is 0 Å². The van der Waals surface area contributed by atoms with Gasteiger partial charge in [0.25, 0.3) is 0 Å². The summed E-state index contributed by atoms with van der Waals surface area (Å²) in [4.78, 5) is 0. The van der Waals surface area contributed by atoms with Crippen molar-refractivity contribution in [1.82, 2.24) is 0 Å². The minimum atomic E-state index is 0.116. The molecule has 1 unspecified atom stereocenters. The molecule has 1 fully saturated rings. The number of hydrogen-bond acceptors (Lipinski definition) is 3. The molecule has 0 spiro atoms. The number of benzene rings is 1. The molecule has 0 saturated heterocycles. The molecule has 1 atom stereocenters. The van der Waals surface area contributed by atoms with Gasteiger partial charge in [-0.1, -0.05) is 15.9 Å². The summed E-state index contributed by atoms with van der Waals surface area (Å²) in [6.07, 6.45) is 2.48. The van der Waals surface area contributed by atoms with E-state index in [2.05, 4.69) is 15.9 Å². The van der Waals surface area contributed by atoms with Crippen LogP contribution in [0.4, 0.5) is 0 Å². The Balaban J connectivity index is 1.97. The molecule has 0 radical (unpaired) electrons. The van der Waals surface area contributed by atoms with Gasteiger partial charge in [-0.25, -0.2) is 0 Å². The molecule has 2 N–H and O–H groups in total. The van der Waals surface area contributed by atoms with Crippen LogP contribution >= 0.6 is 15.9 Å². The van der Waals surface area contributed by atoms with Crippen molar-refractivity contribution in [2.45, 2.75) is 18.9 Å². The second-order valence-electron chi connectivity index (χ2n) is 4.38. The molecule has 4 heteroatoms. The second kappa shape index (κ2) is 3.93. The van der Waals surface area contributed by atoms with E-state index >= 15 is 0 Å². The third-order valence-corrected chi connectivity index (χ3v) is 3.84. The van der Waals surface area contributed by atoms with E-state index in [0.29, 0.717) is 19.1 Å². The Hall–Kier alpha value is -0.740. The van der Waals surface area contributed by atoms with Crippen LogP contribution in [0.3, 0.4) is 0 Å². The fourth-order valence-corrected chi connectivity index (χ4v) is 2.63. The largest absolute Gasteiger partial charge is 0.486 e. The average molecular weight is 284 g/mol. The zero-order chi connectivity index (χ0) is 11.1. The zero-order valence-electron chi connectivity index (χ0n) is 8.91. The molecule has 3 rings (SSSR count). The maximum atomic E-state index is 6.21. The molecule has 1 saturated carbocycles. The van der Waals surface area contributed by atoms with Crippen molar-refractivity contribution in [2.24, 2.45) is 11.7 Å². The minimum Gasteiger partial charge on any atom is -0.486 e. The third kappa shape index (κ3) is 1.80. The molecule has 1 aromatic rings. The molecule has 1 aliphatic heterocycles. The molecular weight excluding hydrogens is 270 g/mol. The number of nitrogens with two attached hydrogens (primary N) is 1. The van der Waals surface area contributed by atoms with E-state index < -0.39 is 0 Å². The van der Waals surface area contributed by atoms with Gasteiger partial charge in [0.05, 0.1) is 0 Å². The van der Waals surface area contributed by atoms with Crippen LogP contribution < -0.4 is 15.2 Å². The predicted molar refractivity (Wildman–Crippen MR) is 64.8 cm³/mol. The van der Waals surface area contributed by atoms with E-state index in [1.165, 1.54) is 12.8 Å². The van der Waals surface area contributed by atoms with Gasteiger partial charge in [-0.3, -0.25) is 0 Å². The highest BCUT2D eigenvalue weighted by molar-refractivity contribution is 9.10. The Morgan fingerprint density at radius 2 is 1.81 bits per heavy atom. The van der Waals surface area contributed by atoms with E-state index in [9.17, 15) is 0 Å². The van der Waals surface area contributed by atoms with Gasteiger partial charge in [0, 0.05) is 10.5 Å². The van der Waals surface area contributed by atoms with Crippen molar-refractivity contribution >= 4 is 15.9 Å². The van der Waals surface area contributed by atoms with Gasteiger partial charge < -0.3 is 15.2 Å². The highest BCUT2D eigenvalue weighted by Gasteiger charge is 2.31. The van der Waals surface area contributed by atoms with E-state index in [-0.39, 0.29) is 6.04 Å². The molecule has 0 bridgehead atoms. The summed E-state index contributed by atoms with van der Waals surface area (Å²) in [5.74, 6) is 2.27. The van der Waals surface area contributed by atoms with Crippen LogP contribution in [0.5, 0.6) is 11.5 Å². The van der Waals surface area contributed by atoms with Gasteiger partial charge in [0.15, 0.2) is 11.5 Å². The van der Waals surface area contributed by atoms with Gasteiger partial charge in [0.1, 0.15) is 13.2 Å². The van der Waals surface area contributed by atoms with Crippen molar-refractivity contribution in [2.75, 3.05) is 13.2 Å². The maximum Gasteiger partial charge on any atom is 0.162 e. The van der Waals surface area contributed by atoms with Crippen LogP contribution in [-0.4, -0.2) is 13.2 Å². The highest BCUT2D eigenvalue weighted by atomic mass is 79.9. The molecule has 1 heterocycles. The quantitative estimate of drug-likeness (QED) is 0.908. The Labute approximate surface area is 103 Å². The molecule has 2 aliphatic rings. The predicted octanol–water partition coefficient (Wildman–Crippen LogP) is 2.63. The van der Waals surface area contributed by atoms with Crippen LogP contribution in [0.15, 0.2) is 16.6 Å². The fourth-order valence-electron chi connectivity index (χ4n) is 2.04. The van der Waals surface area contributed by atoms with Crippen molar-refractivity contribution in [3.8, 4) is 11.5 Å². The monoisotopic (exact) mass is 283 g/mol. The molecule has 0 aromatic heterocycles. The number of fused-ring (bicyclic) bond motifs is 1. The maximum absolute atomic E-state index is 6.21. The first-order chi connectivity index (χ1) is 7.75. The second-order valence-corrected chi connectivity index (χ2v) is 5.23. The normalized spacial score (nSPS) is 20.6. The molecule has 0 amide bonds. The summed E-state index contributed by atoms with van der Waals surface area (Å²) < 4.78 is 12.1. The number of hydrogen-bond donors (Lipinski definition) is 1. The molecule has 3 nitrogen and oxygen atoms in total. The third-order valence-electron chi connectivity index (χ3n) is 3.15. The van der Waals surface area contributed by atoms with Gasteiger partial charge >= 0.3 is 0 Å². The Morgan fingerprint density at radius 1 is 1.19 bits per heavy atom. The summed E-state index contributed by atoms with van der Waals surface area (Å²) in [7, 11) is 0. The van der Waals surface area contributed by atoms with Gasteiger partial charge in [-0.05, 0) is 36.5 Å². The summed E-state index contributed by atoms with van der Waals surface area (Å²) in [6, 6.07) is 4.10. The number of halogens is 1. The number of rotatable bonds is 2. The lowest BCUT2D eigenvalue weighted by Gasteiger charge is -2.21. The first-order valence-corrected chi connectivity index (χ1v) is 6.39. The smallest absolute Gasteiger partial charge is 0.162 e. The summed E-state index contributed by atoms with van der Waals surface area (Å²) in [5, 5.41) is 0. The average Bonchev–Trinajstić information content (AvgIpc) is 3.11. The molecule has 1 aromatic carbocycles. The minimum absolute atomic E-state index is 0.116. The Morgan fingerprint density at radius 3 is 2.44 bits per heavy atom.